The van der Waals surface area contributed by atoms with Gasteiger partial charge in [0.1, 0.15) is 0 Å². The van der Waals surface area contributed by atoms with Crippen LogP contribution >= 0.6 is 0 Å². The molecule has 1 aromatic rings. The van der Waals surface area contributed by atoms with Crippen LogP contribution in [0.2, 0.25) is 0 Å². The zero-order chi connectivity index (χ0) is 13.5. The van der Waals surface area contributed by atoms with Gasteiger partial charge >= 0.3 is 6.03 Å². The molecule has 1 aromatic carbocycles. The summed E-state index contributed by atoms with van der Waals surface area (Å²) in [5.41, 5.74) is 5.45. The molecule has 6 nitrogen and oxygen atoms in total. The van der Waals surface area contributed by atoms with Crippen molar-refractivity contribution in [2.24, 2.45) is 5.73 Å². The fraction of sp³-hybridized carbons (Fsp3) is 0.182. The molecule has 7 heteroatoms. The SMILES string of the molecule is CC(C1=Cc2ccccc2S1(=O)=O)N(O)C(N)=O. The van der Waals surface area contributed by atoms with E-state index in [9.17, 15) is 18.4 Å². The summed E-state index contributed by atoms with van der Waals surface area (Å²) in [6.45, 7) is 1.39. The van der Waals surface area contributed by atoms with Crippen LogP contribution in [0.1, 0.15) is 12.5 Å². The Morgan fingerprint density at radius 2 is 2.00 bits per heavy atom. The van der Waals surface area contributed by atoms with Crippen molar-refractivity contribution < 1.29 is 18.4 Å². The van der Waals surface area contributed by atoms with Gasteiger partial charge in [0, 0.05) is 0 Å². The summed E-state index contributed by atoms with van der Waals surface area (Å²) in [5, 5.41) is 9.62. The number of primary amides is 1. The van der Waals surface area contributed by atoms with Gasteiger partial charge in [-0.05, 0) is 24.6 Å². The van der Waals surface area contributed by atoms with Crippen LogP contribution in [-0.4, -0.2) is 30.8 Å². The Morgan fingerprint density at radius 3 is 2.56 bits per heavy atom. The first-order valence-corrected chi connectivity index (χ1v) is 6.67. The molecule has 0 radical (unpaired) electrons. The molecule has 1 unspecified atom stereocenters. The van der Waals surface area contributed by atoms with Gasteiger partial charge in [0.15, 0.2) is 0 Å². The van der Waals surface area contributed by atoms with E-state index in [2.05, 4.69) is 0 Å². The second-order valence-corrected chi connectivity index (χ2v) is 5.86. The number of hydrogen-bond donors (Lipinski definition) is 2. The van der Waals surface area contributed by atoms with Crippen LogP contribution in [0.15, 0.2) is 34.1 Å². The van der Waals surface area contributed by atoms with Gasteiger partial charge in [-0.3, -0.25) is 5.21 Å². The van der Waals surface area contributed by atoms with Crippen LogP contribution in [0, 0.1) is 0 Å². The summed E-state index contributed by atoms with van der Waals surface area (Å²) in [7, 11) is -3.67. The number of amides is 2. The van der Waals surface area contributed by atoms with Gasteiger partial charge in [-0.2, -0.15) is 5.06 Å². The fourth-order valence-corrected chi connectivity index (χ4v) is 3.64. The minimum Gasteiger partial charge on any atom is -0.350 e. The van der Waals surface area contributed by atoms with Gasteiger partial charge in [-0.15, -0.1) is 0 Å². The number of urea groups is 1. The maximum Gasteiger partial charge on any atom is 0.339 e. The van der Waals surface area contributed by atoms with E-state index in [1.54, 1.807) is 18.2 Å². The summed E-state index contributed by atoms with van der Waals surface area (Å²) in [5.74, 6) is 0. The quantitative estimate of drug-likeness (QED) is 0.616. The molecule has 0 spiro atoms. The third kappa shape index (κ3) is 1.77. The van der Waals surface area contributed by atoms with Crippen molar-refractivity contribution in [2.75, 3.05) is 0 Å². The van der Waals surface area contributed by atoms with Crippen LogP contribution in [0.3, 0.4) is 0 Å². The van der Waals surface area contributed by atoms with Crippen LogP contribution < -0.4 is 5.73 Å². The van der Waals surface area contributed by atoms with E-state index < -0.39 is 21.9 Å². The molecule has 1 atom stereocenters. The standard InChI is InChI=1S/C11H12N2O4S/c1-7(13(15)11(12)14)10-6-8-4-2-3-5-9(8)18(10,16)17/h2-7,15H,1H3,(H2,12,14). The number of carbonyl (C=O) groups is 1. The van der Waals surface area contributed by atoms with Gasteiger partial charge in [0.05, 0.1) is 15.8 Å². The predicted molar refractivity (Wildman–Crippen MR) is 64.3 cm³/mol. The minimum atomic E-state index is -3.67. The van der Waals surface area contributed by atoms with E-state index >= 15 is 0 Å². The highest BCUT2D eigenvalue weighted by Crippen LogP contribution is 2.35. The van der Waals surface area contributed by atoms with Gasteiger partial charge in [-0.1, -0.05) is 18.2 Å². The number of fused-ring (bicyclic) bond motifs is 1. The Hall–Kier alpha value is -1.86. The Balaban J connectivity index is 2.48. The molecule has 1 aliphatic rings. The number of rotatable bonds is 2. The van der Waals surface area contributed by atoms with Crippen LogP contribution in [0.5, 0.6) is 0 Å². The lowest BCUT2D eigenvalue weighted by Gasteiger charge is -2.21. The number of hydrogen-bond acceptors (Lipinski definition) is 4. The predicted octanol–water partition coefficient (Wildman–Crippen LogP) is 0.973. The number of hydroxylamine groups is 2. The van der Waals surface area contributed by atoms with E-state index in [1.807, 2.05) is 0 Å². The molecule has 0 saturated heterocycles. The molecule has 96 valence electrons. The van der Waals surface area contributed by atoms with Crippen LogP contribution in [-0.2, 0) is 9.84 Å². The highest BCUT2D eigenvalue weighted by molar-refractivity contribution is 7.96. The summed E-state index contributed by atoms with van der Waals surface area (Å²) in [6.07, 6.45) is 1.43. The topological polar surface area (TPSA) is 101 Å². The van der Waals surface area contributed by atoms with Gasteiger partial charge in [0.25, 0.3) is 0 Å². The van der Waals surface area contributed by atoms with E-state index in [-0.39, 0.29) is 14.9 Å². The first-order valence-electron chi connectivity index (χ1n) is 5.19. The Morgan fingerprint density at radius 1 is 1.39 bits per heavy atom. The molecule has 2 rings (SSSR count). The summed E-state index contributed by atoms with van der Waals surface area (Å²) in [6, 6.07) is 4.33. The monoisotopic (exact) mass is 268 g/mol. The second-order valence-electron chi connectivity index (χ2n) is 3.95. The molecule has 0 fully saturated rings. The molecular formula is C11H12N2O4S. The lowest BCUT2D eigenvalue weighted by atomic mass is 10.2. The second kappa shape index (κ2) is 4.11. The molecule has 0 aliphatic carbocycles. The molecule has 3 N–H and O–H groups in total. The molecule has 0 bridgehead atoms. The van der Waals surface area contributed by atoms with Gasteiger partial charge in [0.2, 0.25) is 9.84 Å². The molecule has 18 heavy (non-hydrogen) atoms. The third-order valence-corrected chi connectivity index (χ3v) is 4.85. The van der Waals surface area contributed by atoms with Crippen molar-refractivity contribution in [3.8, 4) is 0 Å². The average Bonchev–Trinajstić information content (AvgIpc) is 2.60. The van der Waals surface area contributed by atoms with E-state index in [0.29, 0.717) is 5.56 Å². The Bertz CT molecular complexity index is 636. The molecule has 1 heterocycles. The smallest absolute Gasteiger partial charge is 0.339 e. The van der Waals surface area contributed by atoms with E-state index in [4.69, 9.17) is 5.73 Å². The van der Waals surface area contributed by atoms with Crippen LogP contribution in [0.25, 0.3) is 6.08 Å². The molecule has 0 saturated carbocycles. The van der Waals surface area contributed by atoms with Crippen LogP contribution in [0.4, 0.5) is 4.79 Å². The largest absolute Gasteiger partial charge is 0.350 e. The van der Waals surface area contributed by atoms with Crippen molar-refractivity contribution in [3.63, 3.8) is 0 Å². The normalized spacial score (nSPS) is 17.8. The van der Waals surface area contributed by atoms with Gasteiger partial charge in [-0.25, -0.2) is 13.2 Å². The van der Waals surface area contributed by atoms with Crippen molar-refractivity contribution >= 4 is 21.9 Å². The minimum absolute atomic E-state index is 0.0509. The molecule has 2 amide bonds. The highest BCUT2D eigenvalue weighted by Gasteiger charge is 2.35. The molecule has 1 aliphatic heterocycles. The summed E-state index contributed by atoms with van der Waals surface area (Å²) < 4.78 is 24.4. The fourth-order valence-electron chi connectivity index (χ4n) is 1.86. The molecular weight excluding hydrogens is 256 g/mol. The van der Waals surface area contributed by atoms with Crippen molar-refractivity contribution in [1.82, 2.24) is 5.06 Å². The Labute approximate surface area is 104 Å². The maximum absolute atomic E-state index is 12.2. The van der Waals surface area contributed by atoms with E-state index in [1.165, 1.54) is 19.1 Å². The lowest BCUT2D eigenvalue weighted by Crippen LogP contribution is -2.41. The number of nitrogens with two attached hydrogens (primary N) is 1. The van der Waals surface area contributed by atoms with Gasteiger partial charge < -0.3 is 5.73 Å². The first kappa shape index (κ1) is 12.6. The molecule has 0 aromatic heterocycles. The average molecular weight is 268 g/mol. The number of nitrogens with zero attached hydrogens (tertiary/aromatic N) is 1. The van der Waals surface area contributed by atoms with Crippen molar-refractivity contribution in [3.05, 3.63) is 34.7 Å². The summed E-state index contributed by atoms with van der Waals surface area (Å²) in [4.78, 5) is 11.0. The number of benzene rings is 1. The van der Waals surface area contributed by atoms with Crippen molar-refractivity contribution in [2.45, 2.75) is 17.9 Å². The summed E-state index contributed by atoms with van der Waals surface area (Å²) >= 11 is 0. The van der Waals surface area contributed by atoms with Crippen molar-refractivity contribution in [1.29, 1.82) is 0 Å². The number of carbonyl (C=O) groups excluding carboxylic acids is 1. The highest BCUT2D eigenvalue weighted by atomic mass is 32.2. The zero-order valence-corrected chi connectivity index (χ0v) is 10.4. The first-order chi connectivity index (χ1) is 8.35. The lowest BCUT2D eigenvalue weighted by molar-refractivity contribution is -0.0571. The maximum atomic E-state index is 12.2. The number of sulfone groups is 1. The zero-order valence-electron chi connectivity index (χ0n) is 9.57. The Kier molecular flexibility index (Phi) is 2.88. The third-order valence-electron chi connectivity index (χ3n) is 2.82. The van der Waals surface area contributed by atoms with E-state index in [0.717, 1.165) is 0 Å².